The number of β-lactam (4-membered cyclic amide) rings is 1. The number of nitrogens with zero attached hydrogens (tertiary/aromatic N) is 6. The largest absolute Gasteiger partial charge is 0.477 e. The lowest BCUT2D eigenvalue weighted by Crippen LogP contribution is -2.71. The van der Waals surface area contributed by atoms with Gasteiger partial charge >= 0.3 is 5.97 Å². The molecule has 1 saturated heterocycles. The predicted molar refractivity (Wildman–Crippen MR) is 149 cm³/mol. The number of aliphatic carboxylic acids is 1. The quantitative estimate of drug-likeness (QED) is 0.107. The van der Waals surface area contributed by atoms with E-state index < -0.39 is 29.2 Å². The van der Waals surface area contributed by atoms with Crippen LogP contribution in [-0.4, -0.2) is 81.1 Å². The second-order valence-corrected chi connectivity index (χ2v) is 12.6. The first-order valence-corrected chi connectivity index (χ1v) is 15.1. The SMILES string of the molecule is Nc1nc(C(=NOc2ccc(Cl)cc2)C(=O)NC2C(=O)N3C(C(=O)O)=C(CSc4nnc(CO)s4)CS[C@@H]23)ns1. The van der Waals surface area contributed by atoms with Gasteiger partial charge in [-0.1, -0.05) is 39.9 Å². The van der Waals surface area contributed by atoms with E-state index in [1.165, 1.54) is 34.9 Å². The van der Waals surface area contributed by atoms with Crippen LogP contribution >= 0.6 is 58.0 Å². The number of hydrogen-bond donors (Lipinski definition) is 4. The molecule has 1 fully saturated rings. The standard InChI is InChI=1S/C21H17ClN8O6S4/c22-9-1-3-10(4-2-9)36-28-12(15-25-20(23)40-29-15)16(32)24-13-17(33)30-14(19(34)35)8(6-37-18(13)30)7-38-21-27-26-11(5-31)39-21/h1-4,13,18,31H,5-7H2,(H,24,32)(H,34,35)(H2,23,25,29)/t13?,18-/m0/s1. The number of carbonyl (C=O) groups excluding carboxylic acids is 2. The maximum atomic E-state index is 13.2. The number of amides is 2. The lowest BCUT2D eigenvalue weighted by Gasteiger charge is -2.49. The Hall–Kier alpha value is -3.29. The van der Waals surface area contributed by atoms with E-state index >= 15 is 0 Å². The molecule has 0 bridgehead atoms. The number of benzene rings is 1. The molecule has 2 atom stereocenters. The normalized spacial score (nSPS) is 18.8. The van der Waals surface area contributed by atoms with Gasteiger partial charge < -0.3 is 26.1 Å². The minimum absolute atomic E-state index is 0.0958. The highest BCUT2D eigenvalue weighted by Crippen LogP contribution is 2.41. The molecule has 0 spiro atoms. The molecule has 14 nitrogen and oxygen atoms in total. The van der Waals surface area contributed by atoms with Crippen LogP contribution < -0.4 is 15.9 Å². The number of aliphatic hydroxyl groups excluding tert-OH is 1. The van der Waals surface area contributed by atoms with Crippen LogP contribution in [0.1, 0.15) is 10.8 Å². The molecule has 1 aromatic carbocycles. The Morgan fingerprint density at radius 3 is 2.73 bits per heavy atom. The molecule has 40 heavy (non-hydrogen) atoms. The van der Waals surface area contributed by atoms with Gasteiger partial charge in [-0.05, 0) is 29.8 Å². The van der Waals surface area contributed by atoms with Crippen molar-refractivity contribution in [2.45, 2.75) is 22.4 Å². The molecule has 3 aromatic rings. The highest BCUT2D eigenvalue weighted by atomic mass is 35.5. The zero-order valence-corrected chi connectivity index (χ0v) is 23.9. The number of oxime groups is 1. The van der Waals surface area contributed by atoms with Gasteiger partial charge in [0.2, 0.25) is 11.5 Å². The van der Waals surface area contributed by atoms with E-state index in [-0.39, 0.29) is 40.5 Å². The molecule has 0 aliphatic carbocycles. The fraction of sp³-hybridized carbons (Fsp3) is 0.238. The lowest BCUT2D eigenvalue weighted by molar-refractivity contribution is -0.150. The number of nitrogens with two attached hydrogens (primary N) is 1. The molecule has 0 saturated carbocycles. The lowest BCUT2D eigenvalue weighted by atomic mass is 10.0. The number of aliphatic hydroxyl groups is 1. The number of carbonyl (C=O) groups is 3. The van der Waals surface area contributed by atoms with Crippen molar-refractivity contribution in [2.75, 3.05) is 17.2 Å². The molecule has 19 heteroatoms. The molecule has 208 valence electrons. The summed E-state index contributed by atoms with van der Waals surface area (Å²) in [5.41, 5.74) is 5.75. The number of halogens is 1. The van der Waals surface area contributed by atoms with Gasteiger partial charge in [-0.15, -0.1) is 22.0 Å². The molecule has 5 N–H and O–H groups in total. The summed E-state index contributed by atoms with van der Waals surface area (Å²) in [5, 5.41) is 33.7. The first kappa shape index (κ1) is 28.2. The Morgan fingerprint density at radius 1 is 1.30 bits per heavy atom. The van der Waals surface area contributed by atoms with E-state index in [2.05, 4.69) is 30.0 Å². The summed E-state index contributed by atoms with van der Waals surface area (Å²) in [7, 11) is 0. The van der Waals surface area contributed by atoms with Crippen molar-refractivity contribution >= 4 is 86.6 Å². The second-order valence-electron chi connectivity index (χ2n) is 7.97. The first-order chi connectivity index (χ1) is 19.2. The second kappa shape index (κ2) is 12.1. The van der Waals surface area contributed by atoms with Crippen molar-refractivity contribution < 1.29 is 29.4 Å². The van der Waals surface area contributed by atoms with Gasteiger partial charge in [0.05, 0.1) is 6.61 Å². The van der Waals surface area contributed by atoms with Gasteiger partial charge in [0.15, 0.2) is 15.2 Å². The number of hydrogen-bond acceptors (Lipinski definition) is 15. The third-order valence-electron chi connectivity index (χ3n) is 5.41. The molecule has 2 amide bonds. The van der Waals surface area contributed by atoms with Gasteiger partial charge in [0.25, 0.3) is 11.8 Å². The number of rotatable bonds is 10. The molecule has 4 heterocycles. The highest BCUT2D eigenvalue weighted by Gasteiger charge is 2.54. The molecule has 2 aliphatic heterocycles. The number of nitrogen functional groups attached to an aromatic ring is 1. The fourth-order valence-corrected chi connectivity index (χ4v) is 7.42. The van der Waals surface area contributed by atoms with E-state index in [0.717, 1.165) is 16.4 Å². The number of carboxylic acid groups (broad SMARTS) is 1. The summed E-state index contributed by atoms with van der Waals surface area (Å²) in [6.07, 6.45) is 0. The Labute approximate surface area is 246 Å². The minimum atomic E-state index is -1.26. The van der Waals surface area contributed by atoms with Crippen LogP contribution in [0.5, 0.6) is 5.75 Å². The number of fused-ring (bicyclic) bond motifs is 1. The number of aromatic nitrogens is 4. The fourth-order valence-electron chi connectivity index (χ4n) is 3.62. The van der Waals surface area contributed by atoms with Crippen molar-refractivity contribution in [2.24, 2.45) is 5.16 Å². The zero-order chi connectivity index (χ0) is 28.4. The monoisotopic (exact) mass is 640 g/mol. The average Bonchev–Trinajstić information content (AvgIpc) is 3.59. The summed E-state index contributed by atoms with van der Waals surface area (Å²) >= 11 is 10.5. The first-order valence-electron chi connectivity index (χ1n) is 11.1. The zero-order valence-electron chi connectivity index (χ0n) is 19.9. The van der Waals surface area contributed by atoms with Gasteiger partial charge in [0, 0.05) is 28.1 Å². The van der Waals surface area contributed by atoms with Crippen LogP contribution in [0, 0.1) is 0 Å². The summed E-state index contributed by atoms with van der Waals surface area (Å²) in [6.45, 7) is -0.236. The van der Waals surface area contributed by atoms with Gasteiger partial charge in [-0.25, -0.2) is 4.79 Å². The van der Waals surface area contributed by atoms with Crippen LogP contribution in [0.15, 0.2) is 45.0 Å². The van der Waals surface area contributed by atoms with Crippen LogP contribution in [0.3, 0.4) is 0 Å². The average molecular weight is 641 g/mol. The Balaban J connectivity index is 1.31. The van der Waals surface area contributed by atoms with Crippen molar-refractivity contribution in [3.05, 3.63) is 51.4 Å². The van der Waals surface area contributed by atoms with E-state index in [4.69, 9.17) is 27.3 Å². The Bertz CT molecular complexity index is 1530. The molecule has 2 aromatic heterocycles. The highest BCUT2D eigenvalue weighted by molar-refractivity contribution is 8.01. The van der Waals surface area contributed by atoms with Crippen molar-refractivity contribution in [1.82, 2.24) is 29.8 Å². The maximum absolute atomic E-state index is 13.2. The van der Waals surface area contributed by atoms with E-state index in [0.29, 0.717) is 25.7 Å². The van der Waals surface area contributed by atoms with Crippen molar-refractivity contribution in [3.63, 3.8) is 0 Å². The van der Waals surface area contributed by atoms with Crippen LogP contribution in [0.4, 0.5) is 5.13 Å². The summed E-state index contributed by atoms with van der Waals surface area (Å²) in [4.78, 5) is 49.0. The molecule has 2 aliphatic rings. The summed E-state index contributed by atoms with van der Waals surface area (Å²) < 4.78 is 4.58. The van der Waals surface area contributed by atoms with Crippen molar-refractivity contribution in [3.8, 4) is 5.75 Å². The van der Waals surface area contributed by atoms with Crippen LogP contribution in [0.25, 0.3) is 0 Å². The predicted octanol–water partition coefficient (Wildman–Crippen LogP) is 1.43. The van der Waals surface area contributed by atoms with E-state index in [1.54, 1.807) is 24.3 Å². The molecule has 1 unspecified atom stereocenters. The van der Waals surface area contributed by atoms with E-state index in [9.17, 15) is 19.5 Å². The minimum Gasteiger partial charge on any atom is -0.477 e. The maximum Gasteiger partial charge on any atom is 0.352 e. The summed E-state index contributed by atoms with van der Waals surface area (Å²) in [6, 6.07) is 5.22. The van der Waals surface area contributed by atoms with Gasteiger partial charge in [0.1, 0.15) is 22.1 Å². The van der Waals surface area contributed by atoms with Gasteiger partial charge in [-0.3, -0.25) is 14.5 Å². The van der Waals surface area contributed by atoms with Gasteiger partial charge in [-0.2, -0.15) is 9.36 Å². The third-order valence-corrected chi connectivity index (χ3v) is 9.68. The molecular weight excluding hydrogens is 624 g/mol. The number of carboxylic acids is 1. The number of thioether (sulfide) groups is 2. The number of anilines is 1. The molecular formula is C21H17ClN8O6S4. The molecule has 0 radical (unpaired) electrons. The smallest absolute Gasteiger partial charge is 0.352 e. The number of nitrogens with one attached hydrogen (secondary N) is 1. The molecule has 5 rings (SSSR count). The third kappa shape index (κ3) is 5.91. The Kier molecular flexibility index (Phi) is 8.52. The van der Waals surface area contributed by atoms with Crippen LogP contribution in [0.2, 0.25) is 5.02 Å². The topological polar surface area (TPSA) is 206 Å². The Morgan fingerprint density at radius 2 is 2.08 bits per heavy atom. The van der Waals surface area contributed by atoms with E-state index in [1.807, 2.05) is 0 Å². The summed E-state index contributed by atoms with van der Waals surface area (Å²) in [5.74, 6) is -1.89. The van der Waals surface area contributed by atoms with Crippen molar-refractivity contribution in [1.29, 1.82) is 0 Å². The van der Waals surface area contributed by atoms with Crippen LogP contribution in [-0.2, 0) is 21.0 Å².